The van der Waals surface area contributed by atoms with Crippen molar-refractivity contribution in [3.63, 3.8) is 0 Å². The minimum Gasteiger partial charge on any atom is -0.283 e. The van der Waals surface area contributed by atoms with Gasteiger partial charge in [0.15, 0.2) is 6.17 Å². The first-order valence-electron chi connectivity index (χ1n) is 6.11. The molecule has 2 aliphatic heterocycles. The van der Waals surface area contributed by atoms with Crippen molar-refractivity contribution < 1.29 is 9.59 Å². The van der Waals surface area contributed by atoms with Gasteiger partial charge < -0.3 is 0 Å². The van der Waals surface area contributed by atoms with E-state index in [2.05, 4.69) is 10.9 Å². The molecule has 2 N–H and O–H groups in total. The van der Waals surface area contributed by atoms with Gasteiger partial charge in [-0.1, -0.05) is 17.7 Å². The van der Waals surface area contributed by atoms with E-state index in [-0.39, 0.29) is 11.9 Å². The predicted molar refractivity (Wildman–Crippen MR) is 74.8 cm³/mol. The first-order valence-corrected chi connectivity index (χ1v) is 6.49. The van der Waals surface area contributed by atoms with Crippen molar-refractivity contribution in [2.45, 2.75) is 20.0 Å². The second kappa shape index (κ2) is 4.50. The summed E-state index contributed by atoms with van der Waals surface area (Å²) in [5.74, 6) is -0.237. The van der Waals surface area contributed by atoms with E-state index < -0.39 is 6.17 Å². The molecular formula is C13H13ClN4O2. The van der Waals surface area contributed by atoms with E-state index in [9.17, 15) is 9.59 Å². The van der Waals surface area contributed by atoms with Gasteiger partial charge >= 0.3 is 6.03 Å². The highest BCUT2D eigenvalue weighted by Gasteiger charge is 2.40. The van der Waals surface area contributed by atoms with E-state index in [1.54, 1.807) is 18.5 Å². The zero-order chi connectivity index (χ0) is 14.4. The fourth-order valence-corrected chi connectivity index (χ4v) is 2.58. The van der Waals surface area contributed by atoms with Crippen LogP contribution >= 0.6 is 11.6 Å². The van der Waals surface area contributed by atoms with Crippen LogP contribution in [0.15, 0.2) is 24.5 Å². The summed E-state index contributed by atoms with van der Waals surface area (Å²) in [6, 6.07) is 3.32. The first-order chi connectivity index (χ1) is 9.50. The number of nitrogens with zero attached hydrogens (tertiary/aromatic N) is 2. The summed E-state index contributed by atoms with van der Waals surface area (Å²) in [5.41, 5.74) is 7.60. The molecule has 1 unspecified atom stereocenters. The Morgan fingerprint density at radius 3 is 2.70 bits per heavy atom. The molecule has 7 heteroatoms. The van der Waals surface area contributed by atoms with Gasteiger partial charge in [0.1, 0.15) is 0 Å². The van der Waals surface area contributed by atoms with Gasteiger partial charge in [-0.25, -0.2) is 10.2 Å². The fourth-order valence-electron chi connectivity index (χ4n) is 2.43. The molecule has 0 radical (unpaired) electrons. The number of hydrazine groups is 1. The number of amides is 3. The molecule has 1 aromatic carbocycles. The molecule has 3 rings (SSSR count). The molecule has 2 aliphatic rings. The Bertz CT molecular complexity index is 644. The first kappa shape index (κ1) is 13.0. The third kappa shape index (κ3) is 1.76. The summed E-state index contributed by atoms with van der Waals surface area (Å²) in [4.78, 5) is 26.8. The van der Waals surface area contributed by atoms with Crippen molar-refractivity contribution in [2.75, 3.05) is 4.90 Å². The predicted octanol–water partition coefficient (Wildman–Crippen LogP) is 1.63. The van der Waals surface area contributed by atoms with Crippen molar-refractivity contribution >= 4 is 29.2 Å². The number of benzene rings is 1. The van der Waals surface area contributed by atoms with Gasteiger partial charge in [-0.15, -0.1) is 0 Å². The topological polar surface area (TPSA) is 64.7 Å². The van der Waals surface area contributed by atoms with Gasteiger partial charge in [0.25, 0.3) is 5.91 Å². The number of carbonyl (C=O) groups is 2. The molecule has 0 aromatic heterocycles. The van der Waals surface area contributed by atoms with Crippen LogP contribution in [0.4, 0.5) is 10.5 Å². The van der Waals surface area contributed by atoms with Crippen molar-refractivity contribution in [2.24, 2.45) is 0 Å². The van der Waals surface area contributed by atoms with Crippen molar-refractivity contribution in [3.05, 3.63) is 40.7 Å². The molecule has 1 saturated heterocycles. The molecule has 6 nitrogen and oxygen atoms in total. The quantitative estimate of drug-likeness (QED) is 0.827. The van der Waals surface area contributed by atoms with Crippen LogP contribution in [0.1, 0.15) is 11.1 Å². The molecule has 1 aromatic rings. The minimum atomic E-state index is -0.731. The molecule has 0 saturated carbocycles. The number of urea groups is 1. The Labute approximate surface area is 121 Å². The second-order valence-electron chi connectivity index (χ2n) is 4.73. The van der Waals surface area contributed by atoms with Gasteiger partial charge in [-0.05, 0) is 31.0 Å². The zero-order valence-corrected chi connectivity index (χ0v) is 11.7. The number of rotatable bonds is 1. The Morgan fingerprint density at radius 2 is 1.95 bits per heavy atom. The summed E-state index contributed by atoms with van der Waals surface area (Å²) in [7, 11) is 0. The molecule has 20 heavy (non-hydrogen) atoms. The maximum absolute atomic E-state index is 12.5. The number of halogens is 1. The zero-order valence-electron chi connectivity index (χ0n) is 11.0. The van der Waals surface area contributed by atoms with Gasteiger partial charge in [0, 0.05) is 17.4 Å². The summed E-state index contributed by atoms with van der Waals surface area (Å²) in [6.07, 6.45) is 2.42. The minimum absolute atomic E-state index is 0.237. The van der Waals surface area contributed by atoms with Crippen LogP contribution in [-0.4, -0.2) is 23.0 Å². The summed E-state index contributed by atoms with van der Waals surface area (Å²) < 4.78 is 0. The smallest absolute Gasteiger partial charge is 0.283 e. The SMILES string of the molecule is Cc1ccc(Cl)c(C)c1N1C=CN2C(=O)NNC2C1=O. The van der Waals surface area contributed by atoms with Gasteiger partial charge in [-0.3, -0.25) is 20.0 Å². The lowest BCUT2D eigenvalue weighted by Crippen LogP contribution is -2.51. The molecule has 0 bridgehead atoms. The van der Waals surface area contributed by atoms with Gasteiger partial charge in [-0.2, -0.15) is 0 Å². The van der Waals surface area contributed by atoms with Crippen LogP contribution < -0.4 is 15.8 Å². The van der Waals surface area contributed by atoms with E-state index in [0.29, 0.717) is 5.02 Å². The molecule has 1 fully saturated rings. The molecule has 3 amide bonds. The average Bonchev–Trinajstić information content (AvgIpc) is 2.80. The molecule has 0 spiro atoms. The van der Waals surface area contributed by atoms with Crippen molar-refractivity contribution in [3.8, 4) is 0 Å². The average molecular weight is 293 g/mol. The van der Waals surface area contributed by atoms with E-state index in [1.807, 2.05) is 19.9 Å². The standard InChI is InChI=1S/C13H13ClN4O2/c1-7-3-4-9(14)8(2)10(7)17-5-6-18-11(12(17)19)15-16-13(18)20/h3-6,11,15H,1-2H3,(H,16,20). The number of nitrogens with one attached hydrogen (secondary N) is 2. The fraction of sp³-hybridized carbons (Fsp3) is 0.231. The lowest BCUT2D eigenvalue weighted by molar-refractivity contribution is -0.122. The van der Waals surface area contributed by atoms with Crippen LogP contribution in [0.2, 0.25) is 5.02 Å². The van der Waals surface area contributed by atoms with Crippen LogP contribution in [0, 0.1) is 13.8 Å². The van der Waals surface area contributed by atoms with E-state index in [0.717, 1.165) is 16.8 Å². The number of aryl methyl sites for hydroxylation is 1. The largest absolute Gasteiger partial charge is 0.337 e. The number of hydrogen-bond donors (Lipinski definition) is 2. The number of fused-ring (bicyclic) bond motifs is 1. The van der Waals surface area contributed by atoms with Crippen LogP contribution in [0.3, 0.4) is 0 Å². The maximum atomic E-state index is 12.5. The normalized spacial score (nSPS) is 21.2. The molecule has 0 aliphatic carbocycles. The van der Waals surface area contributed by atoms with Gasteiger partial charge in [0.2, 0.25) is 0 Å². The molecule has 2 heterocycles. The second-order valence-corrected chi connectivity index (χ2v) is 5.14. The highest BCUT2D eigenvalue weighted by atomic mass is 35.5. The Morgan fingerprint density at radius 1 is 1.20 bits per heavy atom. The third-order valence-corrected chi connectivity index (χ3v) is 3.89. The summed E-state index contributed by atoms with van der Waals surface area (Å²) in [5, 5.41) is 0.600. The highest BCUT2D eigenvalue weighted by Crippen LogP contribution is 2.32. The Hall–Kier alpha value is -2.05. The summed E-state index contributed by atoms with van der Waals surface area (Å²) in [6.45, 7) is 3.78. The number of carbonyl (C=O) groups excluding carboxylic acids is 2. The van der Waals surface area contributed by atoms with Crippen LogP contribution in [-0.2, 0) is 4.79 Å². The van der Waals surface area contributed by atoms with Crippen LogP contribution in [0.5, 0.6) is 0 Å². The Kier molecular flexibility index (Phi) is 2.92. The van der Waals surface area contributed by atoms with Crippen LogP contribution in [0.25, 0.3) is 0 Å². The lowest BCUT2D eigenvalue weighted by Gasteiger charge is -2.31. The highest BCUT2D eigenvalue weighted by molar-refractivity contribution is 6.32. The van der Waals surface area contributed by atoms with Crippen molar-refractivity contribution in [1.29, 1.82) is 0 Å². The molecular weight excluding hydrogens is 280 g/mol. The van der Waals surface area contributed by atoms with E-state index in [4.69, 9.17) is 11.6 Å². The lowest BCUT2D eigenvalue weighted by atomic mass is 10.1. The van der Waals surface area contributed by atoms with Crippen molar-refractivity contribution in [1.82, 2.24) is 15.8 Å². The number of hydrogen-bond acceptors (Lipinski definition) is 3. The maximum Gasteiger partial charge on any atom is 0.337 e. The molecule has 104 valence electrons. The van der Waals surface area contributed by atoms with E-state index >= 15 is 0 Å². The monoisotopic (exact) mass is 292 g/mol. The van der Waals surface area contributed by atoms with Gasteiger partial charge in [0.05, 0.1) is 5.69 Å². The summed E-state index contributed by atoms with van der Waals surface area (Å²) >= 11 is 6.13. The number of anilines is 1. The Balaban J connectivity index is 2.07. The third-order valence-electron chi connectivity index (χ3n) is 3.48. The van der Waals surface area contributed by atoms with E-state index in [1.165, 1.54) is 9.80 Å². The molecule has 1 atom stereocenters.